The van der Waals surface area contributed by atoms with Gasteiger partial charge in [0.15, 0.2) is 0 Å². The first-order chi connectivity index (χ1) is 9.13. The third-order valence-corrected chi connectivity index (χ3v) is 4.76. The van der Waals surface area contributed by atoms with Crippen LogP contribution in [0.5, 0.6) is 0 Å². The topological polar surface area (TPSA) is 27.1 Å². The Balaban J connectivity index is 2.08. The lowest BCUT2D eigenvalue weighted by Crippen LogP contribution is -2.33. The zero-order valence-corrected chi connectivity index (χ0v) is 13.3. The third kappa shape index (κ3) is 2.25. The van der Waals surface area contributed by atoms with Crippen LogP contribution in [0.1, 0.15) is 24.7 Å². The highest BCUT2D eigenvalue weighted by Crippen LogP contribution is 2.38. The van der Waals surface area contributed by atoms with Crippen LogP contribution >= 0.6 is 34.2 Å². The van der Waals surface area contributed by atoms with Gasteiger partial charge in [0.25, 0.3) is 0 Å². The monoisotopic (exact) mass is 394 g/mol. The Morgan fingerprint density at radius 1 is 1.53 bits per heavy atom. The highest BCUT2D eigenvalue weighted by molar-refractivity contribution is 14.1. The molecule has 1 aromatic heterocycles. The predicted octanol–water partition coefficient (Wildman–Crippen LogP) is 3.87. The Morgan fingerprint density at radius 2 is 2.26 bits per heavy atom. The lowest BCUT2D eigenvalue weighted by molar-refractivity contribution is 0.00674. The summed E-state index contributed by atoms with van der Waals surface area (Å²) in [4.78, 5) is 4.51. The van der Waals surface area contributed by atoms with Crippen molar-refractivity contribution in [2.45, 2.75) is 30.9 Å². The van der Waals surface area contributed by atoms with Gasteiger partial charge >= 0.3 is 0 Å². The molecule has 0 amide bonds. The summed E-state index contributed by atoms with van der Waals surface area (Å²) in [6.07, 6.45) is 2.15. The number of rotatable bonds is 3. The van der Waals surface area contributed by atoms with E-state index in [1.807, 2.05) is 22.6 Å². The fourth-order valence-electron chi connectivity index (χ4n) is 2.58. The molecule has 6 heteroatoms. The number of ether oxygens (including phenoxy) is 1. The van der Waals surface area contributed by atoms with E-state index in [9.17, 15) is 4.39 Å². The SMILES string of the molecule is COC1CC(n2c(CCl)nc3cc(I)c(F)cc32)C1. The molecule has 0 atom stereocenters. The van der Waals surface area contributed by atoms with Gasteiger partial charge < -0.3 is 9.30 Å². The number of benzene rings is 1. The van der Waals surface area contributed by atoms with E-state index in [1.165, 1.54) is 0 Å². The molecule has 102 valence electrons. The minimum absolute atomic E-state index is 0.210. The second-order valence-electron chi connectivity index (χ2n) is 4.77. The molecular formula is C13H13ClFIN2O. The summed E-state index contributed by atoms with van der Waals surface area (Å²) in [7, 11) is 1.72. The fraction of sp³-hybridized carbons (Fsp3) is 0.462. The molecule has 1 heterocycles. The van der Waals surface area contributed by atoms with Crippen LogP contribution in [-0.4, -0.2) is 22.8 Å². The number of alkyl halides is 1. The lowest BCUT2D eigenvalue weighted by atomic mass is 9.89. The first-order valence-electron chi connectivity index (χ1n) is 6.08. The second kappa shape index (κ2) is 5.18. The molecule has 0 aliphatic heterocycles. The molecule has 0 unspecified atom stereocenters. The van der Waals surface area contributed by atoms with Crippen molar-refractivity contribution in [2.24, 2.45) is 0 Å². The zero-order chi connectivity index (χ0) is 13.6. The fourth-order valence-corrected chi connectivity index (χ4v) is 3.22. The molecule has 0 radical (unpaired) electrons. The molecule has 0 spiro atoms. The summed E-state index contributed by atoms with van der Waals surface area (Å²) in [5.74, 6) is 0.928. The van der Waals surface area contributed by atoms with Gasteiger partial charge in [-0.25, -0.2) is 9.37 Å². The molecule has 0 saturated heterocycles. The van der Waals surface area contributed by atoms with Crippen LogP contribution in [0.25, 0.3) is 11.0 Å². The standard InChI is InChI=1S/C13H13ClFIN2O/c1-19-8-2-7(3-8)18-12-4-9(15)10(16)5-11(12)17-13(18)6-14/h4-5,7-8H,2-3,6H2,1H3. The summed E-state index contributed by atoms with van der Waals surface area (Å²) in [5, 5.41) is 0. The van der Waals surface area contributed by atoms with Crippen molar-refractivity contribution in [1.29, 1.82) is 0 Å². The molecule has 1 fully saturated rings. The normalized spacial score (nSPS) is 22.7. The van der Waals surface area contributed by atoms with Gasteiger partial charge in [-0.2, -0.15) is 0 Å². The summed E-state index contributed by atoms with van der Waals surface area (Å²) in [6, 6.07) is 3.63. The van der Waals surface area contributed by atoms with E-state index in [0.717, 1.165) is 29.7 Å². The summed E-state index contributed by atoms with van der Waals surface area (Å²) in [6.45, 7) is 0. The van der Waals surface area contributed by atoms with Crippen molar-refractivity contribution in [1.82, 2.24) is 9.55 Å². The Labute approximate surface area is 129 Å². The molecule has 1 saturated carbocycles. The van der Waals surface area contributed by atoms with Crippen LogP contribution in [0.3, 0.4) is 0 Å². The van der Waals surface area contributed by atoms with Crippen LogP contribution < -0.4 is 0 Å². The Morgan fingerprint density at radius 3 is 2.89 bits per heavy atom. The van der Waals surface area contributed by atoms with Crippen molar-refractivity contribution >= 4 is 45.2 Å². The number of imidazole rings is 1. The van der Waals surface area contributed by atoms with Crippen LogP contribution in [0.15, 0.2) is 12.1 Å². The van der Waals surface area contributed by atoms with Crippen molar-refractivity contribution in [2.75, 3.05) is 7.11 Å². The van der Waals surface area contributed by atoms with Crippen molar-refractivity contribution in [3.8, 4) is 0 Å². The van der Waals surface area contributed by atoms with E-state index >= 15 is 0 Å². The van der Waals surface area contributed by atoms with Gasteiger partial charge in [-0.05, 0) is 41.5 Å². The summed E-state index contributed by atoms with van der Waals surface area (Å²) >= 11 is 7.95. The molecule has 19 heavy (non-hydrogen) atoms. The van der Waals surface area contributed by atoms with Crippen LogP contribution in [0.2, 0.25) is 0 Å². The van der Waals surface area contributed by atoms with Crippen LogP contribution in [0.4, 0.5) is 4.39 Å². The summed E-state index contributed by atoms with van der Waals surface area (Å²) < 4.78 is 21.7. The molecule has 1 aliphatic carbocycles. The second-order valence-corrected chi connectivity index (χ2v) is 6.20. The largest absolute Gasteiger partial charge is 0.381 e. The first-order valence-corrected chi connectivity index (χ1v) is 7.70. The van der Waals surface area contributed by atoms with E-state index in [4.69, 9.17) is 16.3 Å². The Kier molecular flexibility index (Phi) is 3.70. The highest BCUT2D eigenvalue weighted by atomic mass is 127. The van der Waals surface area contributed by atoms with Gasteiger partial charge in [0.05, 0.1) is 26.6 Å². The quantitative estimate of drug-likeness (QED) is 0.584. The molecule has 2 aromatic rings. The summed E-state index contributed by atoms with van der Waals surface area (Å²) in [5.41, 5.74) is 1.63. The molecule has 1 aliphatic rings. The number of aromatic nitrogens is 2. The molecular weight excluding hydrogens is 382 g/mol. The molecule has 3 rings (SSSR count). The predicted molar refractivity (Wildman–Crippen MR) is 81.0 cm³/mol. The minimum atomic E-state index is -0.210. The Bertz CT molecular complexity index is 625. The maximum atomic E-state index is 13.8. The number of fused-ring (bicyclic) bond motifs is 1. The molecule has 0 N–H and O–H groups in total. The van der Waals surface area contributed by atoms with Crippen LogP contribution in [-0.2, 0) is 10.6 Å². The van der Waals surface area contributed by atoms with E-state index < -0.39 is 0 Å². The van der Waals surface area contributed by atoms with Crippen LogP contribution in [0, 0.1) is 9.39 Å². The number of hydrogen-bond acceptors (Lipinski definition) is 2. The highest BCUT2D eigenvalue weighted by Gasteiger charge is 2.33. The van der Waals surface area contributed by atoms with Crippen molar-refractivity contribution in [3.63, 3.8) is 0 Å². The number of halogens is 3. The minimum Gasteiger partial charge on any atom is -0.381 e. The smallest absolute Gasteiger partial charge is 0.138 e. The lowest BCUT2D eigenvalue weighted by Gasteiger charge is -2.36. The average molecular weight is 395 g/mol. The number of methoxy groups -OCH3 is 1. The molecule has 1 aromatic carbocycles. The van der Waals surface area contributed by atoms with Gasteiger partial charge in [-0.3, -0.25) is 0 Å². The third-order valence-electron chi connectivity index (χ3n) is 3.69. The average Bonchev–Trinajstić information content (AvgIpc) is 2.67. The van der Waals surface area contributed by atoms with Gasteiger partial charge in [-0.1, -0.05) is 0 Å². The van der Waals surface area contributed by atoms with E-state index in [1.54, 1.807) is 19.2 Å². The maximum absolute atomic E-state index is 13.8. The van der Waals surface area contributed by atoms with Gasteiger partial charge in [0.2, 0.25) is 0 Å². The maximum Gasteiger partial charge on any atom is 0.138 e. The number of hydrogen-bond donors (Lipinski definition) is 0. The Hall–Kier alpha value is -0.400. The van der Waals surface area contributed by atoms with Crippen molar-refractivity contribution < 1.29 is 9.13 Å². The van der Waals surface area contributed by atoms with Crippen molar-refractivity contribution in [3.05, 3.63) is 27.3 Å². The van der Waals surface area contributed by atoms with Gasteiger partial charge in [0.1, 0.15) is 11.6 Å². The molecule has 3 nitrogen and oxygen atoms in total. The first kappa shape index (κ1) is 13.6. The molecule has 0 bridgehead atoms. The van der Waals surface area contributed by atoms with Gasteiger partial charge in [0, 0.05) is 19.2 Å². The number of nitrogens with zero attached hydrogens (tertiary/aromatic N) is 2. The van der Waals surface area contributed by atoms with E-state index in [2.05, 4.69) is 9.55 Å². The van der Waals surface area contributed by atoms with E-state index in [0.29, 0.717) is 21.6 Å². The van der Waals surface area contributed by atoms with E-state index in [-0.39, 0.29) is 5.82 Å². The zero-order valence-electron chi connectivity index (χ0n) is 10.4. The van der Waals surface area contributed by atoms with Gasteiger partial charge in [-0.15, -0.1) is 11.6 Å².